The molecule has 0 saturated heterocycles. The van der Waals surface area contributed by atoms with E-state index in [-0.39, 0.29) is 30.2 Å². The van der Waals surface area contributed by atoms with Gasteiger partial charge in [-0.25, -0.2) is 0 Å². The molecule has 0 fully saturated rings. The van der Waals surface area contributed by atoms with Gasteiger partial charge in [-0.1, -0.05) is 6.07 Å². The summed E-state index contributed by atoms with van der Waals surface area (Å²) in [7, 11) is 0. The summed E-state index contributed by atoms with van der Waals surface area (Å²) in [5.74, 6) is -0.959. The number of carbonyl (C=O) groups excluding carboxylic acids is 3. The summed E-state index contributed by atoms with van der Waals surface area (Å²) < 4.78 is 0. The summed E-state index contributed by atoms with van der Waals surface area (Å²) in [5.41, 5.74) is 0.347. The molecule has 4 nitrogen and oxygen atoms in total. The predicted octanol–water partition coefficient (Wildman–Crippen LogP) is 2.87. The SMILES string of the molecule is O=C(CC(=O)c1ccc(O)cc1)CC(=O)c1cccs1. The van der Waals surface area contributed by atoms with Gasteiger partial charge in [0.05, 0.1) is 17.7 Å². The Bertz CT molecular complexity index is 626. The van der Waals surface area contributed by atoms with E-state index in [0.29, 0.717) is 10.4 Å². The number of phenols is 1. The average molecular weight is 288 g/mol. The maximum Gasteiger partial charge on any atom is 0.180 e. The fourth-order valence-electron chi connectivity index (χ4n) is 1.69. The second-order valence-electron chi connectivity index (χ2n) is 4.26. The molecule has 1 aromatic heterocycles. The Labute approximate surface area is 119 Å². The second-order valence-corrected chi connectivity index (χ2v) is 5.21. The highest BCUT2D eigenvalue weighted by atomic mass is 32.1. The van der Waals surface area contributed by atoms with E-state index < -0.39 is 5.78 Å². The summed E-state index contributed by atoms with van der Waals surface area (Å²) in [4.78, 5) is 35.8. The molecule has 0 saturated carbocycles. The topological polar surface area (TPSA) is 71.4 Å². The van der Waals surface area contributed by atoms with Crippen molar-refractivity contribution in [2.24, 2.45) is 0 Å². The summed E-state index contributed by atoms with van der Waals surface area (Å²) in [6, 6.07) is 9.06. The monoisotopic (exact) mass is 288 g/mol. The Hall–Kier alpha value is -2.27. The first kappa shape index (κ1) is 14.1. The molecule has 0 atom stereocenters. The number of benzene rings is 1. The van der Waals surface area contributed by atoms with Crippen molar-refractivity contribution < 1.29 is 19.5 Å². The van der Waals surface area contributed by atoms with Crippen LogP contribution in [-0.2, 0) is 4.79 Å². The van der Waals surface area contributed by atoms with Crippen LogP contribution < -0.4 is 0 Å². The molecule has 0 aliphatic heterocycles. The third-order valence-corrected chi connectivity index (χ3v) is 3.61. The maximum atomic E-state index is 11.8. The molecule has 2 aromatic rings. The Balaban J connectivity index is 1.93. The first-order valence-corrected chi connectivity index (χ1v) is 6.85. The first-order valence-electron chi connectivity index (χ1n) is 5.97. The van der Waals surface area contributed by atoms with E-state index in [4.69, 9.17) is 5.11 Å². The highest BCUT2D eigenvalue weighted by Gasteiger charge is 2.16. The largest absolute Gasteiger partial charge is 0.508 e. The number of hydrogen-bond acceptors (Lipinski definition) is 5. The van der Waals surface area contributed by atoms with Crippen molar-refractivity contribution in [1.29, 1.82) is 0 Å². The molecule has 102 valence electrons. The standard InChI is InChI=1S/C15H12O4S/c16-11-5-3-10(4-6-11)13(18)8-12(17)9-14(19)15-2-1-7-20-15/h1-7,16H,8-9H2. The van der Waals surface area contributed by atoms with Gasteiger partial charge in [0.25, 0.3) is 0 Å². The number of Topliss-reactive ketones (excluding diaryl/α,β-unsaturated/α-hetero) is 3. The van der Waals surface area contributed by atoms with Crippen LogP contribution >= 0.6 is 11.3 Å². The Morgan fingerprint density at radius 1 is 0.950 bits per heavy atom. The minimum atomic E-state index is -0.401. The van der Waals surface area contributed by atoms with E-state index in [1.165, 1.54) is 35.6 Å². The quantitative estimate of drug-likeness (QED) is 0.655. The molecule has 0 aliphatic carbocycles. The molecule has 5 heteroatoms. The van der Waals surface area contributed by atoms with Gasteiger partial charge >= 0.3 is 0 Å². The summed E-state index contributed by atoms with van der Waals surface area (Å²) in [6.45, 7) is 0. The van der Waals surface area contributed by atoms with Crippen LogP contribution in [-0.4, -0.2) is 22.5 Å². The molecule has 0 aliphatic rings. The van der Waals surface area contributed by atoms with Crippen LogP contribution in [0.25, 0.3) is 0 Å². The first-order chi connectivity index (χ1) is 9.56. The zero-order valence-electron chi connectivity index (χ0n) is 10.5. The van der Waals surface area contributed by atoms with Gasteiger partial charge in [-0.2, -0.15) is 0 Å². The van der Waals surface area contributed by atoms with Gasteiger partial charge in [-0.05, 0) is 35.7 Å². The van der Waals surface area contributed by atoms with Crippen LogP contribution in [0, 0.1) is 0 Å². The Morgan fingerprint density at radius 2 is 1.60 bits per heavy atom. The lowest BCUT2D eigenvalue weighted by atomic mass is 10.0. The molecule has 1 aromatic carbocycles. The number of rotatable bonds is 6. The van der Waals surface area contributed by atoms with Crippen molar-refractivity contribution in [3.8, 4) is 5.75 Å². The van der Waals surface area contributed by atoms with E-state index in [0.717, 1.165) is 0 Å². The molecule has 0 unspecified atom stereocenters. The molecule has 2 rings (SSSR count). The molecule has 1 heterocycles. The van der Waals surface area contributed by atoms with E-state index in [2.05, 4.69) is 0 Å². The lowest BCUT2D eigenvalue weighted by Gasteiger charge is -2.01. The van der Waals surface area contributed by atoms with Gasteiger partial charge in [0.2, 0.25) is 0 Å². The molecule has 0 radical (unpaired) electrons. The van der Waals surface area contributed by atoms with Crippen molar-refractivity contribution in [2.45, 2.75) is 12.8 Å². The van der Waals surface area contributed by atoms with Gasteiger partial charge in [0.15, 0.2) is 11.6 Å². The lowest BCUT2D eigenvalue weighted by Crippen LogP contribution is -2.12. The van der Waals surface area contributed by atoms with Crippen LogP contribution in [0.4, 0.5) is 0 Å². The van der Waals surface area contributed by atoms with E-state index in [1.54, 1.807) is 17.5 Å². The van der Waals surface area contributed by atoms with Crippen LogP contribution in [0.2, 0.25) is 0 Å². The van der Waals surface area contributed by atoms with Crippen LogP contribution in [0.5, 0.6) is 5.75 Å². The number of carbonyl (C=O) groups is 3. The molecule has 0 bridgehead atoms. The zero-order chi connectivity index (χ0) is 14.5. The summed E-state index contributed by atoms with van der Waals surface area (Å²) >= 11 is 1.28. The van der Waals surface area contributed by atoms with Gasteiger partial charge < -0.3 is 5.11 Å². The van der Waals surface area contributed by atoms with Gasteiger partial charge in [-0.3, -0.25) is 14.4 Å². The number of phenolic OH excluding ortho intramolecular Hbond substituents is 1. The highest BCUT2D eigenvalue weighted by molar-refractivity contribution is 7.12. The smallest absolute Gasteiger partial charge is 0.180 e. The normalized spacial score (nSPS) is 10.2. The van der Waals surface area contributed by atoms with Crippen molar-refractivity contribution in [3.63, 3.8) is 0 Å². The van der Waals surface area contributed by atoms with Gasteiger partial charge in [0, 0.05) is 5.56 Å². The minimum Gasteiger partial charge on any atom is -0.508 e. The highest BCUT2D eigenvalue weighted by Crippen LogP contribution is 2.14. The lowest BCUT2D eigenvalue weighted by molar-refractivity contribution is -0.117. The number of hydrogen-bond donors (Lipinski definition) is 1. The van der Waals surface area contributed by atoms with Crippen LogP contribution in [0.3, 0.4) is 0 Å². The minimum absolute atomic E-state index is 0.0562. The third-order valence-electron chi connectivity index (χ3n) is 2.70. The zero-order valence-corrected chi connectivity index (χ0v) is 11.4. The predicted molar refractivity (Wildman–Crippen MR) is 75.3 cm³/mol. The van der Waals surface area contributed by atoms with Crippen molar-refractivity contribution >= 4 is 28.7 Å². The maximum absolute atomic E-state index is 11.8. The average Bonchev–Trinajstić information content (AvgIpc) is 2.93. The molecular formula is C15H12O4S. The third kappa shape index (κ3) is 3.61. The van der Waals surface area contributed by atoms with Crippen LogP contribution in [0.15, 0.2) is 41.8 Å². The van der Waals surface area contributed by atoms with Crippen molar-refractivity contribution in [1.82, 2.24) is 0 Å². The Morgan fingerprint density at radius 3 is 2.20 bits per heavy atom. The Kier molecular flexibility index (Phi) is 4.42. The molecule has 0 spiro atoms. The second kappa shape index (κ2) is 6.25. The number of thiophene rings is 1. The van der Waals surface area contributed by atoms with Crippen LogP contribution in [0.1, 0.15) is 32.9 Å². The summed E-state index contributed by atoms with van der Waals surface area (Å²) in [5, 5.41) is 10.9. The fourth-order valence-corrected chi connectivity index (χ4v) is 2.36. The number of ketones is 3. The fraction of sp³-hybridized carbons (Fsp3) is 0.133. The molecule has 20 heavy (non-hydrogen) atoms. The molecule has 0 amide bonds. The van der Waals surface area contributed by atoms with Crippen molar-refractivity contribution in [2.75, 3.05) is 0 Å². The molecule has 1 N–H and O–H groups in total. The van der Waals surface area contributed by atoms with E-state index in [9.17, 15) is 14.4 Å². The molecular weight excluding hydrogens is 276 g/mol. The summed E-state index contributed by atoms with van der Waals surface area (Å²) in [6.07, 6.45) is -0.563. The number of aromatic hydroxyl groups is 1. The van der Waals surface area contributed by atoms with Crippen molar-refractivity contribution in [3.05, 3.63) is 52.2 Å². The van der Waals surface area contributed by atoms with Gasteiger partial charge in [-0.15, -0.1) is 11.3 Å². The van der Waals surface area contributed by atoms with Gasteiger partial charge in [0.1, 0.15) is 11.5 Å². The van der Waals surface area contributed by atoms with E-state index in [1.807, 2.05) is 0 Å². The van der Waals surface area contributed by atoms with E-state index >= 15 is 0 Å².